The monoisotopic (exact) mass is 283 g/mol. The van der Waals surface area contributed by atoms with Crippen LogP contribution in [0.5, 0.6) is 0 Å². The molecule has 0 N–H and O–H groups in total. The molecule has 0 spiro atoms. The Bertz CT molecular complexity index is 409. The molecule has 0 aromatic carbocycles. The molecule has 3 rings (SSSR count). The SMILES string of the molecule is Cn1ncc(Cl)c1CN1CC[C@H](C2CCOCC2)C1. The highest BCUT2D eigenvalue weighted by atomic mass is 35.5. The van der Waals surface area contributed by atoms with Crippen molar-refractivity contribution in [1.82, 2.24) is 14.7 Å². The van der Waals surface area contributed by atoms with Crippen molar-refractivity contribution in [2.75, 3.05) is 26.3 Å². The van der Waals surface area contributed by atoms with Crippen molar-refractivity contribution < 1.29 is 4.74 Å². The number of halogens is 1. The number of aryl methyl sites for hydroxylation is 1. The van der Waals surface area contributed by atoms with Crippen molar-refractivity contribution in [2.24, 2.45) is 18.9 Å². The molecule has 0 radical (unpaired) electrons. The van der Waals surface area contributed by atoms with Gasteiger partial charge in [-0.2, -0.15) is 5.10 Å². The molecule has 19 heavy (non-hydrogen) atoms. The molecule has 106 valence electrons. The second-order valence-corrected chi connectivity index (χ2v) is 6.20. The Balaban J connectivity index is 1.57. The lowest BCUT2D eigenvalue weighted by Gasteiger charge is -2.27. The summed E-state index contributed by atoms with van der Waals surface area (Å²) in [6.45, 7) is 5.22. The average molecular weight is 284 g/mol. The van der Waals surface area contributed by atoms with Crippen LogP contribution >= 0.6 is 11.6 Å². The smallest absolute Gasteiger partial charge is 0.0831 e. The maximum absolute atomic E-state index is 6.18. The Hall–Kier alpha value is -0.580. The van der Waals surface area contributed by atoms with Crippen LogP contribution in [0.15, 0.2) is 6.20 Å². The van der Waals surface area contributed by atoms with Gasteiger partial charge < -0.3 is 4.74 Å². The lowest BCUT2D eigenvalue weighted by atomic mass is 9.85. The molecule has 0 bridgehead atoms. The second-order valence-electron chi connectivity index (χ2n) is 5.80. The van der Waals surface area contributed by atoms with E-state index in [1.807, 2.05) is 11.7 Å². The molecule has 2 fully saturated rings. The predicted molar refractivity (Wildman–Crippen MR) is 75.1 cm³/mol. The Morgan fingerprint density at radius 1 is 1.32 bits per heavy atom. The molecule has 2 saturated heterocycles. The average Bonchev–Trinajstić information content (AvgIpc) is 3.02. The van der Waals surface area contributed by atoms with E-state index >= 15 is 0 Å². The highest BCUT2D eigenvalue weighted by Gasteiger charge is 2.31. The molecule has 2 aliphatic heterocycles. The lowest BCUT2D eigenvalue weighted by molar-refractivity contribution is 0.0477. The molecule has 5 heteroatoms. The van der Waals surface area contributed by atoms with Crippen LogP contribution in [0, 0.1) is 11.8 Å². The van der Waals surface area contributed by atoms with E-state index < -0.39 is 0 Å². The third-order valence-electron chi connectivity index (χ3n) is 4.63. The van der Waals surface area contributed by atoms with Gasteiger partial charge in [-0.15, -0.1) is 0 Å². The quantitative estimate of drug-likeness (QED) is 0.853. The van der Waals surface area contributed by atoms with Crippen LogP contribution in [-0.2, 0) is 18.3 Å². The van der Waals surface area contributed by atoms with E-state index in [4.69, 9.17) is 16.3 Å². The van der Waals surface area contributed by atoms with Gasteiger partial charge in [-0.1, -0.05) is 11.6 Å². The van der Waals surface area contributed by atoms with E-state index in [0.717, 1.165) is 42.3 Å². The molecule has 1 aromatic heterocycles. The number of hydrogen-bond acceptors (Lipinski definition) is 3. The van der Waals surface area contributed by atoms with Gasteiger partial charge in [0.2, 0.25) is 0 Å². The highest BCUT2D eigenvalue weighted by molar-refractivity contribution is 6.31. The van der Waals surface area contributed by atoms with Gasteiger partial charge in [0.15, 0.2) is 0 Å². The fraction of sp³-hybridized carbons (Fsp3) is 0.786. The van der Waals surface area contributed by atoms with Gasteiger partial charge in [0.1, 0.15) is 0 Å². The van der Waals surface area contributed by atoms with Crippen LogP contribution in [-0.4, -0.2) is 41.0 Å². The summed E-state index contributed by atoms with van der Waals surface area (Å²) in [5, 5.41) is 5.00. The van der Waals surface area contributed by atoms with Gasteiger partial charge in [-0.3, -0.25) is 9.58 Å². The summed E-state index contributed by atoms with van der Waals surface area (Å²) in [4.78, 5) is 2.52. The van der Waals surface area contributed by atoms with Crippen molar-refractivity contribution in [3.05, 3.63) is 16.9 Å². The van der Waals surface area contributed by atoms with Crippen LogP contribution < -0.4 is 0 Å². The number of ether oxygens (including phenoxy) is 1. The Kier molecular flexibility index (Phi) is 4.10. The summed E-state index contributed by atoms with van der Waals surface area (Å²) in [6, 6.07) is 0. The zero-order chi connectivity index (χ0) is 13.2. The molecule has 0 amide bonds. The molecule has 0 unspecified atom stereocenters. The van der Waals surface area contributed by atoms with Crippen LogP contribution in [0.25, 0.3) is 0 Å². The molecule has 3 heterocycles. The zero-order valence-electron chi connectivity index (χ0n) is 11.5. The molecular weight excluding hydrogens is 262 g/mol. The van der Waals surface area contributed by atoms with Crippen molar-refractivity contribution in [1.29, 1.82) is 0 Å². The summed E-state index contributed by atoms with van der Waals surface area (Å²) in [5.74, 6) is 1.71. The number of aromatic nitrogens is 2. The zero-order valence-corrected chi connectivity index (χ0v) is 12.3. The minimum absolute atomic E-state index is 0.789. The number of likely N-dealkylation sites (tertiary alicyclic amines) is 1. The summed E-state index contributed by atoms with van der Waals surface area (Å²) in [5.41, 5.74) is 1.13. The van der Waals surface area contributed by atoms with Crippen molar-refractivity contribution in [3.8, 4) is 0 Å². The lowest BCUT2D eigenvalue weighted by Crippen LogP contribution is -2.27. The minimum atomic E-state index is 0.789. The topological polar surface area (TPSA) is 30.3 Å². The fourth-order valence-electron chi connectivity index (χ4n) is 3.40. The molecule has 2 aliphatic rings. The van der Waals surface area contributed by atoms with Crippen molar-refractivity contribution in [3.63, 3.8) is 0 Å². The summed E-state index contributed by atoms with van der Waals surface area (Å²) >= 11 is 6.18. The van der Waals surface area contributed by atoms with Gasteiger partial charge in [0, 0.05) is 33.4 Å². The summed E-state index contributed by atoms with van der Waals surface area (Å²) < 4.78 is 7.35. The first kappa shape index (κ1) is 13.4. The van der Waals surface area contributed by atoms with E-state index in [0.29, 0.717) is 0 Å². The first-order valence-electron chi connectivity index (χ1n) is 7.20. The van der Waals surface area contributed by atoms with Crippen LogP contribution in [0.3, 0.4) is 0 Å². The normalized spacial score (nSPS) is 26.1. The number of rotatable bonds is 3. The van der Waals surface area contributed by atoms with Crippen LogP contribution in [0.4, 0.5) is 0 Å². The Morgan fingerprint density at radius 3 is 2.79 bits per heavy atom. The Morgan fingerprint density at radius 2 is 2.11 bits per heavy atom. The van der Waals surface area contributed by atoms with Gasteiger partial charge in [0.05, 0.1) is 16.9 Å². The van der Waals surface area contributed by atoms with Crippen LogP contribution in [0.2, 0.25) is 5.02 Å². The predicted octanol–water partition coefficient (Wildman–Crippen LogP) is 2.32. The summed E-state index contributed by atoms with van der Waals surface area (Å²) in [7, 11) is 1.97. The van der Waals surface area contributed by atoms with E-state index in [9.17, 15) is 0 Å². The van der Waals surface area contributed by atoms with E-state index in [2.05, 4.69) is 10.00 Å². The second kappa shape index (κ2) is 5.81. The van der Waals surface area contributed by atoms with E-state index in [-0.39, 0.29) is 0 Å². The standard InChI is InChI=1S/C14H22ClN3O/c1-17-14(13(15)8-16-17)10-18-5-2-12(9-18)11-3-6-19-7-4-11/h8,11-12H,2-7,9-10H2,1H3/t12-/m0/s1. The maximum Gasteiger partial charge on any atom is 0.0831 e. The number of hydrogen-bond donors (Lipinski definition) is 0. The first-order chi connectivity index (χ1) is 9.24. The molecule has 4 nitrogen and oxygen atoms in total. The Labute approximate surface area is 119 Å². The largest absolute Gasteiger partial charge is 0.381 e. The van der Waals surface area contributed by atoms with Crippen molar-refractivity contribution in [2.45, 2.75) is 25.8 Å². The van der Waals surface area contributed by atoms with E-state index in [1.165, 1.54) is 32.4 Å². The molecule has 0 aliphatic carbocycles. The van der Waals surface area contributed by atoms with Gasteiger partial charge >= 0.3 is 0 Å². The van der Waals surface area contributed by atoms with Crippen molar-refractivity contribution >= 4 is 11.6 Å². The summed E-state index contributed by atoms with van der Waals surface area (Å²) in [6.07, 6.45) is 5.54. The third kappa shape index (κ3) is 2.96. The third-order valence-corrected chi connectivity index (χ3v) is 4.94. The highest BCUT2D eigenvalue weighted by Crippen LogP contribution is 2.32. The van der Waals surface area contributed by atoms with Gasteiger partial charge in [-0.25, -0.2) is 0 Å². The van der Waals surface area contributed by atoms with E-state index in [1.54, 1.807) is 6.20 Å². The number of nitrogens with zero attached hydrogens (tertiary/aromatic N) is 3. The molecular formula is C14H22ClN3O. The maximum atomic E-state index is 6.18. The molecule has 0 saturated carbocycles. The molecule has 1 aromatic rings. The van der Waals surface area contributed by atoms with Gasteiger partial charge in [-0.05, 0) is 37.6 Å². The fourth-order valence-corrected chi connectivity index (χ4v) is 3.63. The van der Waals surface area contributed by atoms with Gasteiger partial charge in [0.25, 0.3) is 0 Å². The van der Waals surface area contributed by atoms with Crippen LogP contribution in [0.1, 0.15) is 25.0 Å². The minimum Gasteiger partial charge on any atom is -0.381 e. The first-order valence-corrected chi connectivity index (χ1v) is 7.58. The molecule has 1 atom stereocenters.